The van der Waals surface area contributed by atoms with Crippen LogP contribution in [-0.4, -0.2) is 6.54 Å². The third kappa shape index (κ3) is 4.26. The highest BCUT2D eigenvalue weighted by Crippen LogP contribution is 2.27. The smallest absolute Gasteiger partial charge is 0.162 e. The molecule has 0 spiro atoms. The molecule has 0 unspecified atom stereocenters. The molecule has 0 aliphatic heterocycles. The zero-order chi connectivity index (χ0) is 15.2. The number of hydrogen-bond acceptors (Lipinski definition) is 2. The summed E-state index contributed by atoms with van der Waals surface area (Å²) in [7, 11) is 0. The van der Waals surface area contributed by atoms with Crippen LogP contribution in [-0.2, 0) is 6.54 Å². The molecule has 0 aliphatic carbocycles. The third-order valence-electron chi connectivity index (χ3n) is 3.13. The summed E-state index contributed by atoms with van der Waals surface area (Å²) in [6.07, 6.45) is 1.07. The zero-order valence-corrected chi connectivity index (χ0v) is 12.2. The molecule has 0 atom stereocenters. The normalized spacial score (nSPS) is 10.7. The molecule has 4 heteroatoms. The topological polar surface area (TPSA) is 21.3 Å². The van der Waals surface area contributed by atoms with Crippen molar-refractivity contribution in [2.45, 2.75) is 26.8 Å². The molecule has 2 rings (SSSR count). The van der Waals surface area contributed by atoms with E-state index < -0.39 is 11.6 Å². The van der Waals surface area contributed by atoms with E-state index in [4.69, 9.17) is 4.74 Å². The largest absolute Gasteiger partial charge is 0.457 e. The quantitative estimate of drug-likeness (QED) is 0.787. The Morgan fingerprint density at radius 3 is 2.57 bits per heavy atom. The summed E-state index contributed by atoms with van der Waals surface area (Å²) in [6.45, 7) is 5.73. The van der Waals surface area contributed by atoms with Gasteiger partial charge in [-0.1, -0.05) is 19.1 Å². The molecule has 2 nitrogen and oxygen atoms in total. The second-order valence-corrected chi connectivity index (χ2v) is 4.95. The Morgan fingerprint density at radius 1 is 1.05 bits per heavy atom. The van der Waals surface area contributed by atoms with Gasteiger partial charge in [-0.2, -0.15) is 0 Å². The van der Waals surface area contributed by atoms with Crippen molar-refractivity contribution in [1.29, 1.82) is 0 Å². The lowest BCUT2D eigenvalue weighted by molar-refractivity contribution is 0.458. The van der Waals surface area contributed by atoms with Gasteiger partial charge in [0.05, 0.1) is 0 Å². The zero-order valence-electron chi connectivity index (χ0n) is 12.2. The third-order valence-corrected chi connectivity index (χ3v) is 3.13. The number of nitrogens with one attached hydrogen (secondary N) is 1. The number of aryl methyl sites for hydroxylation is 1. The Hall–Kier alpha value is -1.94. The Morgan fingerprint density at radius 2 is 1.86 bits per heavy atom. The Labute approximate surface area is 123 Å². The fourth-order valence-electron chi connectivity index (χ4n) is 1.94. The second-order valence-electron chi connectivity index (χ2n) is 4.95. The summed E-state index contributed by atoms with van der Waals surface area (Å²) in [6, 6.07) is 9.43. The van der Waals surface area contributed by atoms with Crippen LogP contribution in [0.2, 0.25) is 0 Å². The average molecular weight is 291 g/mol. The summed E-state index contributed by atoms with van der Waals surface area (Å²) < 4.78 is 31.8. The van der Waals surface area contributed by atoms with E-state index in [2.05, 4.69) is 12.2 Å². The van der Waals surface area contributed by atoms with Crippen LogP contribution in [0.4, 0.5) is 8.78 Å². The molecule has 0 aliphatic rings. The minimum Gasteiger partial charge on any atom is -0.457 e. The fraction of sp³-hybridized carbons (Fsp3) is 0.294. The van der Waals surface area contributed by atoms with E-state index in [1.54, 1.807) is 0 Å². The number of benzene rings is 2. The predicted molar refractivity (Wildman–Crippen MR) is 79.6 cm³/mol. The van der Waals surface area contributed by atoms with E-state index in [9.17, 15) is 8.78 Å². The molecule has 0 aromatic heterocycles. The van der Waals surface area contributed by atoms with Gasteiger partial charge in [-0.15, -0.1) is 0 Å². The maximum atomic E-state index is 13.2. The van der Waals surface area contributed by atoms with Gasteiger partial charge >= 0.3 is 0 Å². The predicted octanol–water partition coefficient (Wildman–Crippen LogP) is 4.57. The SMILES string of the molecule is CCCNCc1ccc(C)c(Oc2ccc(F)c(F)c2)c1. The highest BCUT2D eigenvalue weighted by Gasteiger charge is 2.07. The fourth-order valence-corrected chi connectivity index (χ4v) is 1.94. The first kappa shape index (κ1) is 15.4. The highest BCUT2D eigenvalue weighted by atomic mass is 19.2. The minimum absolute atomic E-state index is 0.288. The van der Waals surface area contributed by atoms with Gasteiger partial charge in [-0.3, -0.25) is 0 Å². The molecular weight excluding hydrogens is 272 g/mol. The monoisotopic (exact) mass is 291 g/mol. The molecule has 21 heavy (non-hydrogen) atoms. The Kier molecular flexibility index (Phi) is 5.28. The van der Waals surface area contributed by atoms with Gasteiger partial charge < -0.3 is 10.1 Å². The van der Waals surface area contributed by atoms with Gasteiger partial charge in [0, 0.05) is 12.6 Å². The lowest BCUT2D eigenvalue weighted by Crippen LogP contribution is -2.13. The van der Waals surface area contributed by atoms with Crippen molar-refractivity contribution in [1.82, 2.24) is 5.32 Å². The number of hydrogen-bond donors (Lipinski definition) is 1. The number of halogens is 2. The first-order valence-corrected chi connectivity index (χ1v) is 7.03. The molecule has 0 saturated heterocycles. The molecule has 112 valence electrons. The molecule has 0 amide bonds. The molecule has 0 radical (unpaired) electrons. The van der Waals surface area contributed by atoms with Crippen LogP contribution in [0.1, 0.15) is 24.5 Å². The number of ether oxygens (including phenoxy) is 1. The van der Waals surface area contributed by atoms with Gasteiger partial charge in [0.25, 0.3) is 0 Å². The van der Waals surface area contributed by atoms with E-state index in [1.807, 2.05) is 25.1 Å². The van der Waals surface area contributed by atoms with Crippen molar-refractivity contribution in [3.8, 4) is 11.5 Å². The van der Waals surface area contributed by atoms with Crippen LogP contribution in [0, 0.1) is 18.6 Å². The summed E-state index contributed by atoms with van der Waals surface area (Å²) >= 11 is 0. The average Bonchev–Trinajstić information content (AvgIpc) is 2.46. The standard InChI is InChI=1S/C17H19F2NO/c1-3-8-20-11-13-5-4-12(2)17(9-13)21-14-6-7-15(18)16(19)10-14/h4-7,9-10,20H,3,8,11H2,1-2H3. The first-order chi connectivity index (χ1) is 10.1. The van der Waals surface area contributed by atoms with Crippen molar-refractivity contribution in [2.75, 3.05) is 6.54 Å². The van der Waals surface area contributed by atoms with Crippen LogP contribution >= 0.6 is 0 Å². The molecule has 0 saturated carbocycles. The Balaban J connectivity index is 2.14. The van der Waals surface area contributed by atoms with E-state index in [-0.39, 0.29) is 5.75 Å². The maximum Gasteiger partial charge on any atom is 0.162 e. The maximum absolute atomic E-state index is 13.2. The van der Waals surface area contributed by atoms with Crippen LogP contribution in [0.3, 0.4) is 0 Å². The van der Waals surface area contributed by atoms with Gasteiger partial charge in [0.1, 0.15) is 11.5 Å². The number of rotatable bonds is 6. The van der Waals surface area contributed by atoms with Crippen LogP contribution in [0.25, 0.3) is 0 Å². The van der Waals surface area contributed by atoms with Gasteiger partial charge in [0.2, 0.25) is 0 Å². The van der Waals surface area contributed by atoms with Crippen LogP contribution < -0.4 is 10.1 Å². The van der Waals surface area contributed by atoms with Crippen LogP contribution in [0.15, 0.2) is 36.4 Å². The molecular formula is C17H19F2NO. The molecule has 2 aromatic carbocycles. The summed E-state index contributed by atoms with van der Waals surface area (Å²) in [5, 5.41) is 3.31. The molecule has 0 fully saturated rings. The van der Waals surface area contributed by atoms with Crippen LogP contribution in [0.5, 0.6) is 11.5 Å². The first-order valence-electron chi connectivity index (χ1n) is 7.03. The second kappa shape index (κ2) is 7.18. The molecule has 0 bridgehead atoms. The Bertz CT molecular complexity index is 614. The van der Waals surface area contributed by atoms with E-state index in [1.165, 1.54) is 6.07 Å². The van der Waals surface area contributed by atoms with Crippen molar-refractivity contribution in [2.24, 2.45) is 0 Å². The molecule has 0 heterocycles. The highest BCUT2D eigenvalue weighted by molar-refractivity contribution is 5.40. The van der Waals surface area contributed by atoms with Crippen molar-refractivity contribution < 1.29 is 13.5 Å². The summed E-state index contributed by atoms with van der Waals surface area (Å²) in [5.41, 5.74) is 2.03. The summed E-state index contributed by atoms with van der Waals surface area (Å²) in [4.78, 5) is 0. The summed E-state index contributed by atoms with van der Waals surface area (Å²) in [5.74, 6) is -0.852. The van der Waals surface area contributed by atoms with E-state index >= 15 is 0 Å². The molecule has 1 N–H and O–H groups in total. The van der Waals surface area contributed by atoms with Crippen molar-refractivity contribution >= 4 is 0 Å². The molecule has 2 aromatic rings. The van der Waals surface area contributed by atoms with Gasteiger partial charge in [0.15, 0.2) is 11.6 Å². The van der Waals surface area contributed by atoms with E-state index in [0.29, 0.717) is 5.75 Å². The lowest BCUT2D eigenvalue weighted by Gasteiger charge is -2.11. The van der Waals surface area contributed by atoms with Gasteiger partial charge in [-0.25, -0.2) is 8.78 Å². The van der Waals surface area contributed by atoms with Crippen molar-refractivity contribution in [3.05, 3.63) is 59.2 Å². The minimum atomic E-state index is -0.911. The van der Waals surface area contributed by atoms with Gasteiger partial charge in [-0.05, 0) is 49.2 Å². The lowest BCUT2D eigenvalue weighted by atomic mass is 10.1. The van der Waals surface area contributed by atoms with Crippen molar-refractivity contribution in [3.63, 3.8) is 0 Å². The van der Waals surface area contributed by atoms with E-state index in [0.717, 1.165) is 42.8 Å².